The van der Waals surface area contributed by atoms with Crippen LogP contribution in [-0.2, 0) is 75.1 Å². The second kappa shape index (κ2) is 29.6. The molecule has 1 aliphatic carbocycles. The van der Waals surface area contributed by atoms with Crippen molar-refractivity contribution >= 4 is 61.6 Å². The van der Waals surface area contributed by atoms with Gasteiger partial charge in [0.2, 0.25) is 5.88 Å². The zero-order valence-electron chi connectivity index (χ0n) is 52.8. The fraction of sp³-hybridized carbons (Fsp3) is 0.449. The highest BCUT2D eigenvalue weighted by Crippen LogP contribution is 2.48. The number of pyridine rings is 1. The van der Waals surface area contributed by atoms with Crippen LogP contribution in [0.1, 0.15) is 139 Å². The summed E-state index contributed by atoms with van der Waals surface area (Å²) >= 11 is 0. The first-order valence-electron chi connectivity index (χ1n) is 29.9. The third-order valence-electron chi connectivity index (χ3n) is 16.8. The number of H-pyrrole nitrogens is 1. The van der Waals surface area contributed by atoms with Crippen LogP contribution < -0.4 is 10.2 Å². The molecule has 7 atom stereocenters. The molecule has 0 amide bonds. The lowest BCUT2D eigenvalue weighted by Crippen LogP contribution is -2.44. The highest BCUT2D eigenvalue weighted by atomic mass is 32.2. The van der Waals surface area contributed by atoms with E-state index >= 15 is 0 Å². The molecule has 3 fully saturated rings. The molecule has 7 unspecified atom stereocenters. The van der Waals surface area contributed by atoms with E-state index in [1.54, 1.807) is 20.8 Å². The fourth-order valence-electron chi connectivity index (χ4n) is 9.23. The molecule has 4 aliphatic rings. The van der Waals surface area contributed by atoms with E-state index in [0.717, 1.165) is 18.4 Å². The van der Waals surface area contributed by atoms with E-state index in [1.807, 2.05) is 54.5 Å². The fourth-order valence-corrected chi connectivity index (χ4v) is 11.8. The van der Waals surface area contributed by atoms with Gasteiger partial charge in [0.1, 0.15) is 12.2 Å². The SMILES string of the molecule is CCC(C)(C)C(=O)OC(C)C(F)(F)S(=O)(=O)[O-].CCC(C)(C)C(=O)OC1C2CC3C(=O)OC1C3O2.CCC(C)(C)C(=O)OC1Cc2cccc3cccc1c23.CCC(C)(C)C(=O)Oc1cc(=O)cc[nH]1.c1ccc([S+](c2ccccc2)c2ccccc2)cc1. The Morgan fingerprint density at radius 2 is 1.11 bits per heavy atom. The highest BCUT2D eigenvalue weighted by molar-refractivity contribution is 7.97. The molecule has 0 spiro atoms. The Morgan fingerprint density at radius 3 is 1.60 bits per heavy atom. The number of carbonyl (C=O) groups excluding carboxylic acids is 5. The van der Waals surface area contributed by atoms with Crippen molar-refractivity contribution in [3.05, 3.63) is 167 Å². The Hall–Kier alpha value is -7.26. The van der Waals surface area contributed by atoms with E-state index < -0.39 is 61.3 Å². The lowest BCUT2D eigenvalue weighted by atomic mass is 9.87. The van der Waals surface area contributed by atoms with Gasteiger partial charge < -0.3 is 38.0 Å². The van der Waals surface area contributed by atoms with Gasteiger partial charge in [0.05, 0.1) is 44.6 Å². The van der Waals surface area contributed by atoms with Crippen LogP contribution in [0.5, 0.6) is 5.88 Å². The average molecular weight is 1270 g/mol. The number of fused-ring (bicyclic) bond motifs is 1. The van der Waals surface area contributed by atoms with Gasteiger partial charge in [-0.3, -0.25) is 28.8 Å². The van der Waals surface area contributed by atoms with Crippen LogP contribution in [-0.4, -0.2) is 83.6 Å². The number of hydrogen-bond acceptors (Lipinski definition) is 15. The van der Waals surface area contributed by atoms with Gasteiger partial charge in [0.15, 0.2) is 48.5 Å². The zero-order chi connectivity index (χ0) is 65.9. The van der Waals surface area contributed by atoms with E-state index in [9.17, 15) is 50.5 Å². The van der Waals surface area contributed by atoms with Crippen LogP contribution >= 0.6 is 0 Å². The van der Waals surface area contributed by atoms with Crippen molar-refractivity contribution in [2.45, 2.75) is 185 Å². The van der Waals surface area contributed by atoms with Crippen LogP contribution in [0, 0.1) is 27.6 Å². The number of esters is 5. The summed E-state index contributed by atoms with van der Waals surface area (Å²) in [6.07, 6.45) is 1.73. The summed E-state index contributed by atoms with van der Waals surface area (Å²) in [6.45, 7) is 22.3. The molecule has 4 heterocycles. The van der Waals surface area contributed by atoms with Crippen molar-refractivity contribution in [3.63, 3.8) is 0 Å². The van der Waals surface area contributed by atoms with Gasteiger partial charge in [0, 0.05) is 30.3 Å². The molecular weight excluding hydrogens is 1180 g/mol. The maximum Gasteiger partial charge on any atom is 0.369 e. The molecule has 0 saturated carbocycles. The second-order valence-corrected chi connectivity index (χ2v) is 28.2. The van der Waals surface area contributed by atoms with Crippen molar-refractivity contribution in [2.75, 3.05) is 0 Å². The molecule has 6 aromatic rings. The number of ether oxygens (including phenoxy) is 6. The first-order valence-corrected chi connectivity index (χ1v) is 32.5. The minimum absolute atomic E-state index is 0.0146. The predicted molar refractivity (Wildman–Crippen MR) is 334 cm³/mol. The minimum Gasteiger partial charge on any atom is -0.743 e. The van der Waals surface area contributed by atoms with Gasteiger partial charge in [-0.05, 0) is 147 Å². The molecule has 2 bridgehead atoms. The lowest BCUT2D eigenvalue weighted by molar-refractivity contribution is -0.170. The molecule has 0 radical (unpaired) electrons. The number of aromatic amines is 1. The van der Waals surface area contributed by atoms with Crippen molar-refractivity contribution < 1.29 is 74.1 Å². The van der Waals surface area contributed by atoms with Gasteiger partial charge >= 0.3 is 35.1 Å². The summed E-state index contributed by atoms with van der Waals surface area (Å²) in [5.41, 5.74) is -0.231. The number of benzene rings is 5. The number of rotatable bonds is 17. The van der Waals surface area contributed by atoms with Crippen LogP contribution in [0.4, 0.5) is 8.78 Å². The zero-order valence-corrected chi connectivity index (χ0v) is 54.5. The van der Waals surface area contributed by atoms with E-state index in [1.165, 1.54) is 63.2 Å². The number of alkyl halides is 2. The monoisotopic (exact) mass is 1270 g/mol. The standard InChI is InChI=1S/C18H20O2.C18H15S.C13H18O5.C11H15NO3.C9H16F2O5S/c1-4-18(2,3)17(19)20-15-11-13-9-5-7-12-8-6-10-14(15)16(12)13;1-4-10-16(11-5-1)19(17-12-6-2-7-13-17)18-14-8-3-9-15-18;1-4-13(2,3)12(15)18-9-7-5-6-8(16-7)10(9)17-11(6)14;1-4-11(2,3)10(14)15-9-7-8(13)5-6-12-9;1-5-8(3,4)7(12)16-6(2)9(10,11)17(13,14)15/h5-10,15H,4,11H2,1-3H3;1-15H;6-10H,4-5H2,1-3H3;5-7H,4H2,1-3H3,(H,12,13);6H,5H2,1-4H3,(H,13,14,15)/q;+1;;;/p-1. The number of hydrogen-bond donors (Lipinski definition) is 1. The molecule has 16 nitrogen and oxygen atoms in total. The van der Waals surface area contributed by atoms with E-state index in [-0.39, 0.29) is 70.3 Å². The van der Waals surface area contributed by atoms with E-state index in [2.05, 4.69) is 131 Å². The van der Waals surface area contributed by atoms with E-state index in [4.69, 9.17) is 23.7 Å². The third kappa shape index (κ3) is 17.4. The Balaban J connectivity index is 0.000000178. The highest BCUT2D eigenvalue weighted by Gasteiger charge is 2.65. The van der Waals surface area contributed by atoms with Crippen LogP contribution in [0.25, 0.3) is 10.8 Å². The summed E-state index contributed by atoms with van der Waals surface area (Å²) in [4.78, 5) is 76.7. The molecule has 480 valence electrons. The van der Waals surface area contributed by atoms with Gasteiger partial charge in [-0.2, -0.15) is 8.78 Å². The predicted octanol–water partition coefficient (Wildman–Crippen LogP) is 13.5. The normalized spacial score (nSPS) is 19.3. The molecule has 1 N–H and O–H groups in total. The Morgan fingerprint density at radius 1 is 0.640 bits per heavy atom. The molecule has 5 aromatic carbocycles. The first kappa shape index (κ1) is 70.8. The Kier molecular flexibility index (Phi) is 23.5. The number of aromatic nitrogens is 1. The Bertz CT molecular complexity index is 3480. The van der Waals surface area contributed by atoms with Gasteiger partial charge in [-0.1, -0.05) is 119 Å². The molecular formula is C69H83F2NO15S2. The van der Waals surface area contributed by atoms with Crippen molar-refractivity contribution in [1.29, 1.82) is 0 Å². The van der Waals surface area contributed by atoms with Crippen LogP contribution in [0.2, 0.25) is 0 Å². The van der Waals surface area contributed by atoms with Crippen LogP contribution in [0.15, 0.2) is 165 Å². The number of carbonyl (C=O) groups is 5. The topological polar surface area (TPSA) is 231 Å². The summed E-state index contributed by atoms with van der Waals surface area (Å²) < 4.78 is 88.5. The van der Waals surface area contributed by atoms with Crippen molar-refractivity contribution in [2.24, 2.45) is 27.6 Å². The smallest absolute Gasteiger partial charge is 0.369 e. The maximum absolute atomic E-state index is 13.0. The number of halogens is 2. The Labute approximate surface area is 523 Å². The number of nitrogens with one attached hydrogen (secondary N) is 1. The summed E-state index contributed by atoms with van der Waals surface area (Å²) in [7, 11) is -5.87. The molecule has 89 heavy (non-hydrogen) atoms. The third-order valence-corrected chi connectivity index (χ3v) is 20.0. The summed E-state index contributed by atoms with van der Waals surface area (Å²) in [5.74, 6) is -1.83. The quantitative estimate of drug-likeness (QED) is 0.0387. The molecule has 3 aliphatic heterocycles. The first-order chi connectivity index (χ1) is 41.7. The minimum atomic E-state index is -5.86. The summed E-state index contributed by atoms with van der Waals surface area (Å²) in [5, 5.41) is -2.14. The van der Waals surface area contributed by atoms with E-state index in [0.29, 0.717) is 32.6 Å². The molecule has 3 saturated heterocycles. The van der Waals surface area contributed by atoms with Gasteiger partial charge in [0.25, 0.3) is 0 Å². The lowest BCUT2D eigenvalue weighted by Gasteiger charge is -2.29. The van der Waals surface area contributed by atoms with Crippen LogP contribution in [0.3, 0.4) is 0 Å². The average Bonchev–Trinajstić information content (AvgIpc) is 1.69. The molecule has 1 aromatic heterocycles. The van der Waals surface area contributed by atoms with Gasteiger partial charge in [-0.25, -0.2) is 8.42 Å². The summed E-state index contributed by atoms with van der Waals surface area (Å²) in [6, 6.07) is 47.3. The second-order valence-electron chi connectivity index (χ2n) is 24.8. The van der Waals surface area contributed by atoms with Crippen molar-refractivity contribution in [1.82, 2.24) is 4.98 Å². The van der Waals surface area contributed by atoms with Crippen molar-refractivity contribution in [3.8, 4) is 5.88 Å². The maximum atomic E-state index is 13.0. The molecule has 20 heteroatoms. The largest absolute Gasteiger partial charge is 0.743 e. The van der Waals surface area contributed by atoms with Gasteiger partial charge in [-0.15, -0.1) is 0 Å². The molecule has 10 rings (SSSR count).